The van der Waals surface area contributed by atoms with Crippen molar-refractivity contribution in [2.75, 3.05) is 45.1 Å². The molecule has 2 aromatic heterocycles. The molecule has 11 nitrogen and oxygen atoms in total. The average molecular weight is 617 g/mol. The fourth-order valence-corrected chi connectivity index (χ4v) is 5.79. The quantitative estimate of drug-likeness (QED) is 0.192. The van der Waals surface area contributed by atoms with Crippen molar-refractivity contribution in [2.45, 2.75) is 65.8 Å². The number of rotatable bonds is 15. The SMILES string of the molecule is CCOCc1nc2c(N)nc3ccccc3c2n1CCCN(Cc1cccc(OCC(=O)OC(C)C)c1)C(=O)CN1CCCC1. The molecular formula is C34H44N6O5. The lowest BCUT2D eigenvalue weighted by Crippen LogP contribution is -2.39. The van der Waals surface area contributed by atoms with Crippen molar-refractivity contribution in [3.8, 4) is 5.75 Å². The number of pyridine rings is 1. The number of likely N-dealkylation sites (tertiary alicyclic amines) is 1. The number of carbonyl (C=O) groups is 2. The summed E-state index contributed by atoms with van der Waals surface area (Å²) in [6, 6.07) is 15.5. The molecule has 2 N–H and O–H groups in total. The summed E-state index contributed by atoms with van der Waals surface area (Å²) in [5.74, 6) is 1.41. The Labute approximate surface area is 264 Å². The maximum absolute atomic E-state index is 13.7. The summed E-state index contributed by atoms with van der Waals surface area (Å²) >= 11 is 0. The fourth-order valence-electron chi connectivity index (χ4n) is 5.79. The Kier molecular flexibility index (Phi) is 10.9. The van der Waals surface area contributed by atoms with Gasteiger partial charge >= 0.3 is 5.97 Å². The molecule has 11 heteroatoms. The first-order valence-corrected chi connectivity index (χ1v) is 15.8. The molecule has 1 amide bonds. The van der Waals surface area contributed by atoms with Gasteiger partial charge in [-0.05, 0) is 76.9 Å². The molecule has 1 aliphatic rings. The largest absolute Gasteiger partial charge is 0.482 e. The lowest BCUT2D eigenvalue weighted by Gasteiger charge is -2.26. The van der Waals surface area contributed by atoms with Crippen LogP contribution in [0.2, 0.25) is 0 Å². The molecule has 0 unspecified atom stereocenters. The standard InChI is InChI=1S/C34H44N6O5/c1-4-43-22-29-37-32-33(27-13-5-6-14-28(27)36-34(32)35)40(29)18-10-17-39(30(41)21-38-15-7-8-16-38)20-25-11-9-12-26(19-25)44-23-31(42)45-24(2)3/h5-6,9,11-14,19,24H,4,7-8,10,15-18,20-23H2,1-3H3,(H2,35,36). The summed E-state index contributed by atoms with van der Waals surface area (Å²) < 4.78 is 18.8. The number of nitrogen functional groups attached to an aromatic ring is 1. The molecule has 0 saturated carbocycles. The molecule has 0 aliphatic carbocycles. The van der Waals surface area contributed by atoms with Gasteiger partial charge in [-0.3, -0.25) is 9.69 Å². The van der Waals surface area contributed by atoms with E-state index in [1.807, 2.05) is 54.3 Å². The van der Waals surface area contributed by atoms with E-state index < -0.39 is 5.97 Å². The van der Waals surface area contributed by atoms with Crippen LogP contribution in [0.5, 0.6) is 5.75 Å². The lowest BCUT2D eigenvalue weighted by molar-refractivity contribution is -0.149. The van der Waals surface area contributed by atoms with E-state index in [1.165, 1.54) is 0 Å². The molecule has 1 saturated heterocycles. The van der Waals surface area contributed by atoms with E-state index in [9.17, 15) is 9.59 Å². The van der Waals surface area contributed by atoms with Gasteiger partial charge in [-0.25, -0.2) is 14.8 Å². The monoisotopic (exact) mass is 616 g/mol. The summed E-state index contributed by atoms with van der Waals surface area (Å²) in [5, 5.41) is 0.980. The Morgan fingerprint density at radius 1 is 1.07 bits per heavy atom. The van der Waals surface area contributed by atoms with Crippen LogP contribution in [0.4, 0.5) is 5.82 Å². The third-order valence-electron chi connectivity index (χ3n) is 7.84. The number of ether oxygens (including phenoxy) is 3. The summed E-state index contributed by atoms with van der Waals surface area (Å²) in [6.45, 7) is 10.2. The van der Waals surface area contributed by atoms with Crippen LogP contribution < -0.4 is 10.5 Å². The van der Waals surface area contributed by atoms with E-state index >= 15 is 0 Å². The molecule has 240 valence electrons. The Morgan fingerprint density at radius 3 is 2.64 bits per heavy atom. The molecule has 3 heterocycles. The van der Waals surface area contributed by atoms with Crippen molar-refractivity contribution in [1.29, 1.82) is 0 Å². The third kappa shape index (κ3) is 8.29. The van der Waals surface area contributed by atoms with Gasteiger partial charge in [0.2, 0.25) is 5.91 Å². The van der Waals surface area contributed by atoms with Crippen molar-refractivity contribution in [1.82, 2.24) is 24.3 Å². The van der Waals surface area contributed by atoms with E-state index in [2.05, 4.69) is 14.5 Å². The summed E-state index contributed by atoms with van der Waals surface area (Å²) in [7, 11) is 0. The van der Waals surface area contributed by atoms with Crippen LogP contribution in [0, 0.1) is 0 Å². The first-order valence-electron chi connectivity index (χ1n) is 15.8. The number of aryl methyl sites for hydroxylation is 1. The van der Waals surface area contributed by atoms with Gasteiger partial charge in [0.05, 0.1) is 23.7 Å². The number of esters is 1. The predicted molar refractivity (Wildman–Crippen MR) is 174 cm³/mol. The molecule has 0 atom stereocenters. The number of para-hydroxylation sites is 1. The van der Waals surface area contributed by atoms with Crippen LogP contribution in [0.15, 0.2) is 48.5 Å². The van der Waals surface area contributed by atoms with Crippen LogP contribution in [-0.2, 0) is 38.8 Å². The van der Waals surface area contributed by atoms with E-state index in [0.717, 1.165) is 53.7 Å². The van der Waals surface area contributed by atoms with Gasteiger partial charge in [0, 0.05) is 31.6 Å². The molecule has 2 aromatic carbocycles. The van der Waals surface area contributed by atoms with Crippen molar-refractivity contribution >= 4 is 39.6 Å². The zero-order chi connectivity index (χ0) is 31.8. The highest BCUT2D eigenvalue weighted by Crippen LogP contribution is 2.29. The van der Waals surface area contributed by atoms with Crippen LogP contribution in [0.1, 0.15) is 51.4 Å². The molecular weight excluding hydrogens is 572 g/mol. The minimum Gasteiger partial charge on any atom is -0.482 e. The molecule has 0 bridgehead atoms. The summed E-state index contributed by atoms with van der Waals surface area (Å²) in [4.78, 5) is 39.2. The van der Waals surface area contributed by atoms with E-state index in [-0.39, 0.29) is 18.6 Å². The first kappa shape index (κ1) is 32.2. The normalized spacial score (nSPS) is 13.6. The molecule has 1 fully saturated rings. The Hall–Kier alpha value is -4.22. The number of nitrogens with two attached hydrogens (primary N) is 1. The highest BCUT2D eigenvalue weighted by atomic mass is 16.6. The fraction of sp³-hybridized carbons (Fsp3) is 0.471. The zero-order valence-electron chi connectivity index (χ0n) is 26.5. The van der Waals surface area contributed by atoms with Crippen LogP contribution in [-0.4, -0.2) is 81.7 Å². The number of hydrogen-bond acceptors (Lipinski definition) is 9. The van der Waals surface area contributed by atoms with Gasteiger partial charge in [-0.15, -0.1) is 0 Å². The Morgan fingerprint density at radius 2 is 1.87 bits per heavy atom. The van der Waals surface area contributed by atoms with Crippen LogP contribution >= 0.6 is 0 Å². The van der Waals surface area contributed by atoms with Gasteiger partial charge in [0.1, 0.15) is 23.7 Å². The minimum atomic E-state index is -0.418. The van der Waals surface area contributed by atoms with Gasteiger partial charge in [-0.2, -0.15) is 0 Å². The summed E-state index contributed by atoms with van der Waals surface area (Å²) in [6.07, 6.45) is 2.73. The second-order valence-electron chi connectivity index (χ2n) is 11.7. The number of hydrogen-bond donors (Lipinski definition) is 1. The maximum atomic E-state index is 13.7. The Bertz CT molecular complexity index is 1610. The first-order chi connectivity index (χ1) is 21.8. The average Bonchev–Trinajstić information content (AvgIpc) is 3.67. The molecule has 1 aliphatic heterocycles. The number of aromatic nitrogens is 3. The van der Waals surface area contributed by atoms with Crippen molar-refractivity contribution < 1.29 is 23.8 Å². The zero-order valence-corrected chi connectivity index (χ0v) is 26.5. The van der Waals surface area contributed by atoms with Gasteiger partial charge in [0.25, 0.3) is 0 Å². The van der Waals surface area contributed by atoms with Gasteiger partial charge < -0.3 is 29.4 Å². The number of imidazole rings is 1. The maximum Gasteiger partial charge on any atom is 0.344 e. The van der Waals surface area contributed by atoms with E-state index in [1.54, 1.807) is 19.9 Å². The van der Waals surface area contributed by atoms with E-state index in [0.29, 0.717) is 62.9 Å². The Balaban J connectivity index is 1.35. The lowest BCUT2D eigenvalue weighted by atomic mass is 10.1. The second-order valence-corrected chi connectivity index (χ2v) is 11.7. The second kappa shape index (κ2) is 15.2. The van der Waals surface area contributed by atoms with Gasteiger partial charge in [-0.1, -0.05) is 30.3 Å². The number of carbonyl (C=O) groups excluding carboxylic acids is 2. The topological polar surface area (TPSA) is 125 Å². The molecule has 0 radical (unpaired) electrons. The highest BCUT2D eigenvalue weighted by molar-refractivity contribution is 6.06. The number of fused-ring (bicyclic) bond motifs is 3. The molecule has 5 rings (SSSR count). The van der Waals surface area contributed by atoms with Crippen LogP contribution in [0.25, 0.3) is 21.9 Å². The van der Waals surface area contributed by atoms with Crippen molar-refractivity contribution in [3.63, 3.8) is 0 Å². The number of benzene rings is 2. The molecule has 4 aromatic rings. The van der Waals surface area contributed by atoms with Crippen molar-refractivity contribution in [2.24, 2.45) is 0 Å². The molecule has 45 heavy (non-hydrogen) atoms. The smallest absolute Gasteiger partial charge is 0.344 e. The van der Waals surface area contributed by atoms with E-state index in [4.69, 9.17) is 24.9 Å². The predicted octanol–water partition coefficient (Wildman–Crippen LogP) is 4.55. The number of anilines is 1. The van der Waals surface area contributed by atoms with Crippen molar-refractivity contribution in [3.05, 3.63) is 59.9 Å². The number of nitrogens with zero attached hydrogens (tertiary/aromatic N) is 5. The molecule has 0 spiro atoms. The third-order valence-corrected chi connectivity index (χ3v) is 7.84. The van der Waals surface area contributed by atoms with Gasteiger partial charge in [0.15, 0.2) is 12.4 Å². The minimum absolute atomic E-state index is 0.0904. The number of amides is 1. The summed E-state index contributed by atoms with van der Waals surface area (Å²) in [5.41, 5.74) is 9.70. The van der Waals surface area contributed by atoms with Crippen LogP contribution in [0.3, 0.4) is 0 Å². The highest BCUT2D eigenvalue weighted by Gasteiger charge is 2.22.